The fourth-order valence-corrected chi connectivity index (χ4v) is 3.33. The van der Waals surface area contributed by atoms with Gasteiger partial charge in [-0.05, 0) is 30.5 Å². The second kappa shape index (κ2) is 10.6. The Labute approximate surface area is 179 Å². The van der Waals surface area contributed by atoms with E-state index in [2.05, 4.69) is 9.98 Å². The number of hydrogen-bond acceptors (Lipinski definition) is 6. The summed E-state index contributed by atoms with van der Waals surface area (Å²) in [5.41, 5.74) is 11.9. The number of nitrogens with two attached hydrogens (primary N) is 2. The third-order valence-corrected chi connectivity index (χ3v) is 4.91. The molecule has 2 aromatic rings. The van der Waals surface area contributed by atoms with Crippen LogP contribution in [0, 0.1) is 5.82 Å². The van der Waals surface area contributed by atoms with Crippen molar-refractivity contribution in [2.75, 3.05) is 25.1 Å². The van der Waals surface area contributed by atoms with Gasteiger partial charge in [-0.1, -0.05) is 12.1 Å². The van der Waals surface area contributed by atoms with Crippen molar-refractivity contribution in [2.24, 2.45) is 16.5 Å². The van der Waals surface area contributed by atoms with Crippen LogP contribution in [0.2, 0.25) is 0 Å². The van der Waals surface area contributed by atoms with E-state index in [1.54, 1.807) is 31.5 Å². The number of amides is 1. The van der Waals surface area contributed by atoms with Gasteiger partial charge >= 0.3 is 6.09 Å². The highest BCUT2D eigenvalue weighted by Crippen LogP contribution is 2.27. The number of rotatable bonds is 7. The Morgan fingerprint density at radius 1 is 1.26 bits per heavy atom. The number of carbonyl (C=O) groups is 1. The summed E-state index contributed by atoms with van der Waals surface area (Å²) in [6.45, 7) is 1.51. The van der Waals surface area contributed by atoms with Gasteiger partial charge in [-0.2, -0.15) is 0 Å². The van der Waals surface area contributed by atoms with E-state index in [0.717, 1.165) is 18.4 Å². The lowest BCUT2D eigenvalue weighted by Crippen LogP contribution is -2.37. The van der Waals surface area contributed by atoms with Crippen LogP contribution < -0.4 is 21.1 Å². The largest absolute Gasteiger partial charge is 0.481 e. The van der Waals surface area contributed by atoms with Crippen LogP contribution in [0.3, 0.4) is 0 Å². The molecular formula is C21H26FN5O4. The average molecular weight is 431 g/mol. The number of ether oxygens (including phenoxy) is 3. The number of benzene rings is 1. The number of hydrogen-bond donors (Lipinski definition) is 2. The zero-order chi connectivity index (χ0) is 22.2. The van der Waals surface area contributed by atoms with Crippen molar-refractivity contribution < 1.29 is 23.4 Å². The van der Waals surface area contributed by atoms with Gasteiger partial charge in [-0.25, -0.2) is 14.2 Å². The summed E-state index contributed by atoms with van der Waals surface area (Å²) in [5, 5.41) is 0. The molecule has 0 spiro atoms. The van der Waals surface area contributed by atoms with Crippen LogP contribution in [-0.4, -0.2) is 43.3 Å². The highest BCUT2D eigenvalue weighted by molar-refractivity contribution is 5.87. The first kappa shape index (κ1) is 22.3. The summed E-state index contributed by atoms with van der Waals surface area (Å²) in [6.07, 6.45) is 2.35. The number of carbonyl (C=O) groups excluding carboxylic acids is 1. The Balaban J connectivity index is 1.53. The van der Waals surface area contributed by atoms with Gasteiger partial charge in [0.25, 0.3) is 0 Å². The molecule has 0 unspecified atom stereocenters. The van der Waals surface area contributed by atoms with E-state index < -0.39 is 17.9 Å². The highest BCUT2D eigenvalue weighted by atomic mass is 19.1. The van der Waals surface area contributed by atoms with Crippen LogP contribution in [-0.2, 0) is 22.7 Å². The van der Waals surface area contributed by atoms with Gasteiger partial charge < -0.3 is 30.6 Å². The predicted octanol–water partition coefficient (Wildman–Crippen LogP) is 2.32. The lowest BCUT2D eigenvalue weighted by Gasteiger charge is -2.34. The van der Waals surface area contributed by atoms with Gasteiger partial charge in [0, 0.05) is 30.9 Å². The molecule has 3 rings (SSSR count). The molecule has 1 fully saturated rings. The lowest BCUT2D eigenvalue weighted by molar-refractivity contribution is 0.0249. The Hall–Kier alpha value is -3.40. The van der Waals surface area contributed by atoms with Crippen molar-refractivity contribution in [3.8, 4) is 5.88 Å². The monoisotopic (exact) mass is 431 g/mol. The van der Waals surface area contributed by atoms with Gasteiger partial charge in [-0.15, -0.1) is 4.99 Å². The summed E-state index contributed by atoms with van der Waals surface area (Å²) < 4.78 is 31.0. The lowest BCUT2D eigenvalue weighted by atomic mass is 10.1. The topological polar surface area (TPSA) is 125 Å². The van der Waals surface area contributed by atoms with Crippen molar-refractivity contribution in [1.29, 1.82) is 0 Å². The van der Waals surface area contributed by atoms with E-state index in [1.807, 2.05) is 17.0 Å². The van der Waals surface area contributed by atoms with Gasteiger partial charge in [-0.3, -0.25) is 0 Å². The fraction of sp³-hybridized carbons (Fsp3) is 0.381. The van der Waals surface area contributed by atoms with E-state index in [9.17, 15) is 9.18 Å². The quantitative estimate of drug-likeness (QED) is 0.505. The molecule has 1 aliphatic heterocycles. The Morgan fingerprint density at radius 2 is 2.03 bits per heavy atom. The van der Waals surface area contributed by atoms with Crippen LogP contribution in [0.4, 0.5) is 14.9 Å². The number of guanidine groups is 1. The highest BCUT2D eigenvalue weighted by Gasteiger charge is 2.23. The summed E-state index contributed by atoms with van der Waals surface area (Å²) in [5.74, 6) is -0.286. The van der Waals surface area contributed by atoms with Gasteiger partial charge in [0.05, 0.1) is 25.5 Å². The van der Waals surface area contributed by atoms with Crippen molar-refractivity contribution in [3.05, 3.63) is 53.5 Å². The van der Waals surface area contributed by atoms with Crippen LogP contribution in [0.25, 0.3) is 0 Å². The Kier molecular flexibility index (Phi) is 7.60. The maximum Gasteiger partial charge on any atom is 0.437 e. The van der Waals surface area contributed by atoms with Gasteiger partial charge in [0.1, 0.15) is 6.61 Å². The van der Waals surface area contributed by atoms with Crippen LogP contribution in [0.5, 0.6) is 5.88 Å². The number of halogens is 1. The van der Waals surface area contributed by atoms with Crippen LogP contribution in [0.1, 0.15) is 24.0 Å². The summed E-state index contributed by atoms with van der Waals surface area (Å²) in [7, 11) is 1.57. The van der Waals surface area contributed by atoms with Crippen molar-refractivity contribution in [1.82, 2.24) is 4.98 Å². The summed E-state index contributed by atoms with van der Waals surface area (Å²) in [6, 6.07) is 8.72. The molecule has 1 saturated heterocycles. The molecule has 0 bridgehead atoms. The number of methoxy groups -OCH3 is 1. The van der Waals surface area contributed by atoms with E-state index in [-0.39, 0.29) is 18.3 Å². The van der Waals surface area contributed by atoms with Gasteiger partial charge in [0.2, 0.25) is 5.88 Å². The first-order valence-corrected chi connectivity index (χ1v) is 9.85. The number of nitrogens with zero attached hydrogens (tertiary/aromatic N) is 3. The van der Waals surface area contributed by atoms with E-state index >= 15 is 0 Å². The van der Waals surface area contributed by atoms with E-state index in [4.69, 9.17) is 25.7 Å². The van der Waals surface area contributed by atoms with Gasteiger partial charge in [0.15, 0.2) is 11.8 Å². The summed E-state index contributed by atoms with van der Waals surface area (Å²) in [4.78, 5) is 20.7. The third kappa shape index (κ3) is 6.29. The number of aromatic nitrogens is 1. The van der Waals surface area contributed by atoms with Crippen molar-refractivity contribution in [2.45, 2.75) is 32.2 Å². The maximum absolute atomic E-state index is 14.9. The number of anilines is 1. The SMILES string of the molecule is COc1cc(COC2CCN(c3cccc(COC(=O)N=C(N)N)c3F)CC2)ccn1. The minimum Gasteiger partial charge on any atom is -0.481 e. The molecule has 4 N–H and O–H groups in total. The number of aliphatic imine (C=N–C) groups is 1. The molecule has 1 aromatic carbocycles. The fourth-order valence-electron chi connectivity index (χ4n) is 3.33. The molecule has 0 saturated carbocycles. The molecule has 0 aliphatic carbocycles. The molecular weight excluding hydrogens is 405 g/mol. The summed E-state index contributed by atoms with van der Waals surface area (Å²) >= 11 is 0. The molecule has 1 amide bonds. The van der Waals surface area contributed by atoms with E-state index in [1.165, 1.54) is 0 Å². The first-order valence-electron chi connectivity index (χ1n) is 9.85. The molecule has 166 valence electrons. The molecule has 1 aliphatic rings. The van der Waals surface area contributed by atoms with Crippen molar-refractivity contribution >= 4 is 17.7 Å². The zero-order valence-corrected chi connectivity index (χ0v) is 17.3. The molecule has 9 nitrogen and oxygen atoms in total. The minimum atomic E-state index is -0.963. The molecule has 1 aromatic heterocycles. The average Bonchev–Trinajstić information content (AvgIpc) is 2.77. The van der Waals surface area contributed by atoms with Crippen LogP contribution in [0.15, 0.2) is 41.5 Å². The smallest absolute Gasteiger partial charge is 0.437 e. The van der Waals surface area contributed by atoms with Crippen molar-refractivity contribution in [3.63, 3.8) is 0 Å². The normalized spacial score (nSPS) is 14.2. The standard InChI is InChI=1S/C21H26FN5O4/c1-29-18-11-14(5-8-25-18)12-30-16-6-9-27(10-7-16)17-4-2-3-15(19(17)22)13-31-21(28)26-20(23)24/h2-5,8,11,16H,6-7,9-10,12-13H2,1H3,(H4,23,24,26,28). The molecule has 0 radical (unpaired) electrons. The Bertz CT molecular complexity index is 928. The second-order valence-corrected chi connectivity index (χ2v) is 7.05. The minimum absolute atomic E-state index is 0.0854. The molecule has 31 heavy (non-hydrogen) atoms. The first-order chi connectivity index (χ1) is 15.0. The third-order valence-electron chi connectivity index (χ3n) is 4.91. The Morgan fingerprint density at radius 3 is 2.74 bits per heavy atom. The molecule has 10 heteroatoms. The number of piperidine rings is 1. The van der Waals surface area contributed by atoms with Crippen LogP contribution >= 0.6 is 0 Å². The number of pyridine rings is 1. The maximum atomic E-state index is 14.9. The predicted molar refractivity (Wildman–Crippen MR) is 113 cm³/mol. The molecule has 2 heterocycles. The zero-order valence-electron chi connectivity index (χ0n) is 17.3. The molecule has 0 atom stereocenters. The van der Waals surface area contributed by atoms with E-state index in [0.29, 0.717) is 31.3 Å². The second-order valence-electron chi connectivity index (χ2n) is 7.05.